The van der Waals surface area contributed by atoms with Gasteiger partial charge in [0.2, 0.25) is 0 Å². The number of nitrogens with zero attached hydrogens (tertiary/aromatic N) is 2. The first-order chi connectivity index (χ1) is 7.93. The molecule has 0 aromatic carbocycles. The number of imidazole rings is 1. The molecule has 1 aromatic heterocycles. The molecule has 1 heterocycles. The van der Waals surface area contributed by atoms with Crippen LogP contribution in [0.2, 0.25) is 0 Å². The highest BCUT2D eigenvalue weighted by Crippen LogP contribution is 2.33. The maximum absolute atomic E-state index is 12.1. The molecule has 4 heteroatoms. The normalized spacial score (nSPS) is 18.4. The van der Waals surface area contributed by atoms with Crippen molar-refractivity contribution in [3.8, 4) is 0 Å². The molecule has 96 valence electrons. The summed E-state index contributed by atoms with van der Waals surface area (Å²) in [6.45, 7) is 7.31. The van der Waals surface area contributed by atoms with Gasteiger partial charge in [0.1, 0.15) is 0 Å². The van der Waals surface area contributed by atoms with Crippen molar-refractivity contribution in [2.75, 3.05) is 7.05 Å². The molecule has 0 radical (unpaired) electrons. The van der Waals surface area contributed by atoms with E-state index in [1.54, 1.807) is 0 Å². The van der Waals surface area contributed by atoms with E-state index in [1.807, 2.05) is 28.6 Å². The Kier molecular flexibility index (Phi) is 3.17. The van der Waals surface area contributed by atoms with Crippen LogP contribution in [0, 0.1) is 5.41 Å². The van der Waals surface area contributed by atoms with Crippen LogP contribution in [0.1, 0.15) is 39.7 Å². The Morgan fingerprint density at radius 2 is 2.06 bits per heavy atom. The molecule has 0 amide bonds. The summed E-state index contributed by atoms with van der Waals surface area (Å²) in [7, 11) is 1.96. The molecule has 1 aliphatic carbocycles. The van der Waals surface area contributed by atoms with Crippen LogP contribution in [-0.2, 0) is 6.54 Å². The van der Waals surface area contributed by atoms with E-state index in [1.165, 1.54) is 0 Å². The third kappa shape index (κ3) is 2.63. The fraction of sp³-hybridized carbons (Fsp3) is 0.769. The molecule has 17 heavy (non-hydrogen) atoms. The fourth-order valence-electron chi connectivity index (χ4n) is 2.19. The Morgan fingerprint density at radius 3 is 2.53 bits per heavy atom. The standard InChI is InChI=1S/C13H23N3O/c1-13(2,3)11(14-4)9-15-7-8-16(12(15)17)10-5-6-10/h7-8,10-11,14H,5-6,9H2,1-4H3. The summed E-state index contributed by atoms with van der Waals surface area (Å²) >= 11 is 0. The minimum absolute atomic E-state index is 0.136. The van der Waals surface area contributed by atoms with Crippen molar-refractivity contribution >= 4 is 0 Å². The van der Waals surface area contributed by atoms with Crippen molar-refractivity contribution in [3.63, 3.8) is 0 Å². The molecule has 1 atom stereocenters. The predicted molar refractivity (Wildman–Crippen MR) is 69.3 cm³/mol. The number of aromatic nitrogens is 2. The van der Waals surface area contributed by atoms with Crippen molar-refractivity contribution < 1.29 is 0 Å². The van der Waals surface area contributed by atoms with Crippen LogP contribution in [0.4, 0.5) is 0 Å². The zero-order valence-corrected chi connectivity index (χ0v) is 11.2. The Balaban J connectivity index is 2.15. The van der Waals surface area contributed by atoms with Crippen LogP contribution < -0.4 is 11.0 Å². The Labute approximate surface area is 103 Å². The van der Waals surface area contributed by atoms with Crippen molar-refractivity contribution in [3.05, 3.63) is 22.9 Å². The summed E-state index contributed by atoms with van der Waals surface area (Å²) in [6, 6.07) is 0.765. The lowest BCUT2D eigenvalue weighted by molar-refractivity contribution is 0.252. The lowest BCUT2D eigenvalue weighted by atomic mass is 9.87. The van der Waals surface area contributed by atoms with Crippen LogP contribution in [0.5, 0.6) is 0 Å². The van der Waals surface area contributed by atoms with E-state index in [0.29, 0.717) is 12.1 Å². The molecule has 4 nitrogen and oxygen atoms in total. The van der Waals surface area contributed by atoms with E-state index < -0.39 is 0 Å². The van der Waals surface area contributed by atoms with Gasteiger partial charge in [0, 0.05) is 31.0 Å². The number of likely N-dealkylation sites (N-methyl/N-ethyl adjacent to an activating group) is 1. The van der Waals surface area contributed by atoms with Gasteiger partial charge in [-0.3, -0.25) is 9.13 Å². The van der Waals surface area contributed by atoms with Gasteiger partial charge in [-0.1, -0.05) is 20.8 Å². The number of hydrogen-bond acceptors (Lipinski definition) is 2. The van der Waals surface area contributed by atoms with E-state index >= 15 is 0 Å². The summed E-state index contributed by atoms with van der Waals surface area (Å²) in [5.41, 5.74) is 0.285. The second-order valence-corrected chi connectivity index (χ2v) is 6.08. The molecule has 0 bridgehead atoms. The van der Waals surface area contributed by atoms with Crippen LogP contribution in [0.3, 0.4) is 0 Å². The van der Waals surface area contributed by atoms with Crippen LogP contribution in [0.15, 0.2) is 17.2 Å². The highest BCUT2D eigenvalue weighted by molar-refractivity contribution is 4.93. The number of rotatable bonds is 4. The van der Waals surface area contributed by atoms with Gasteiger partial charge in [0.05, 0.1) is 0 Å². The first kappa shape index (κ1) is 12.4. The topological polar surface area (TPSA) is 39.0 Å². The summed E-state index contributed by atoms with van der Waals surface area (Å²) in [4.78, 5) is 12.1. The largest absolute Gasteiger partial charge is 0.328 e. The Hall–Kier alpha value is -1.03. The predicted octanol–water partition coefficient (Wildman–Crippen LogP) is 1.62. The first-order valence-corrected chi connectivity index (χ1v) is 6.38. The summed E-state index contributed by atoms with van der Waals surface area (Å²) < 4.78 is 3.69. The SMILES string of the molecule is CNC(Cn1ccn(C2CC2)c1=O)C(C)(C)C. The first-order valence-electron chi connectivity index (χ1n) is 6.38. The van der Waals surface area contributed by atoms with Gasteiger partial charge in [-0.2, -0.15) is 0 Å². The number of hydrogen-bond donors (Lipinski definition) is 1. The lowest BCUT2D eigenvalue weighted by Crippen LogP contribution is -2.43. The van der Waals surface area contributed by atoms with Crippen molar-refractivity contribution in [2.45, 2.75) is 52.2 Å². The summed E-state index contributed by atoms with van der Waals surface area (Å²) in [5, 5.41) is 3.30. The van der Waals surface area contributed by atoms with Crippen molar-refractivity contribution in [1.29, 1.82) is 0 Å². The maximum Gasteiger partial charge on any atom is 0.328 e. The molecule has 1 unspecified atom stereocenters. The quantitative estimate of drug-likeness (QED) is 0.864. The smallest absolute Gasteiger partial charge is 0.315 e. The van der Waals surface area contributed by atoms with E-state index in [9.17, 15) is 4.79 Å². The van der Waals surface area contributed by atoms with Crippen LogP contribution in [0.25, 0.3) is 0 Å². The second kappa shape index (κ2) is 4.33. The summed E-state index contributed by atoms with van der Waals surface area (Å²) in [6.07, 6.45) is 6.14. The van der Waals surface area contributed by atoms with Gasteiger partial charge in [-0.25, -0.2) is 4.79 Å². The van der Waals surface area contributed by atoms with Gasteiger partial charge in [0.25, 0.3) is 0 Å². The highest BCUT2D eigenvalue weighted by Gasteiger charge is 2.27. The van der Waals surface area contributed by atoms with Gasteiger partial charge in [-0.05, 0) is 25.3 Å². The molecule has 1 aromatic rings. The van der Waals surface area contributed by atoms with E-state index in [-0.39, 0.29) is 11.1 Å². The van der Waals surface area contributed by atoms with Crippen LogP contribution >= 0.6 is 0 Å². The molecule has 0 aliphatic heterocycles. The van der Waals surface area contributed by atoms with Crippen molar-refractivity contribution in [1.82, 2.24) is 14.5 Å². The monoisotopic (exact) mass is 237 g/mol. The Bertz CT molecular complexity index is 434. The van der Waals surface area contributed by atoms with Gasteiger partial charge in [0.15, 0.2) is 0 Å². The fourth-order valence-corrected chi connectivity index (χ4v) is 2.19. The second-order valence-electron chi connectivity index (χ2n) is 6.08. The molecular weight excluding hydrogens is 214 g/mol. The third-order valence-electron chi connectivity index (χ3n) is 3.59. The maximum atomic E-state index is 12.1. The minimum Gasteiger partial charge on any atom is -0.315 e. The molecule has 1 aliphatic rings. The van der Waals surface area contributed by atoms with Crippen molar-refractivity contribution in [2.24, 2.45) is 5.41 Å². The average Bonchev–Trinajstić information content (AvgIpc) is 3.00. The third-order valence-corrected chi connectivity index (χ3v) is 3.59. The molecule has 1 saturated carbocycles. The lowest BCUT2D eigenvalue weighted by Gasteiger charge is -2.30. The molecule has 1 fully saturated rings. The van der Waals surface area contributed by atoms with Gasteiger partial charge >= 0.3 is 5.69 Å². The summed E-state index contributed by atoms with van der Waals surface area (Å²) in [5.74, 6) is 0. The molecule has 0 saturated heterocycles. The molecule has 0 spiro atoms. The van der Waals surface area contributed by atoms with E-state index in [2.05, 4.69) is 26.1 Å². The van der Waals surface area contributed by atoms with Crippen LogP contribution in [-0.4, -0.2) is 22.2 Å². The van der Waals surface area contributed by atoms with Gasteiger partial charge in [-0.15, -0.1) is 0 Å². The number of nitrogens with one attached hydrogen (secondary N) is 1. The molecule has 2 rings (SSSR count). The average molecular weight is 237 g/mol. The van der Waals surface area contributed by atoms with Gasteiger partial charge < -0.3 is 5.32 Å². The van der Waals surface area contributed by atoms with E-state index in [0.717, 1.165) is 19.4 Å². The molecular formula is C13H23N3O. The highest BCUT2D eigenvalue weighted by atomic mass is 16.1. The van der Waals surface area contributed by atoms with E-state index in [4.69, 9.17) is 0 Å². The zero-order valence-electron chi connectivity index (χ0n) is 11.2. The zero-order chi connectivity index (χ0) is 12.6. The minimum atomic E-state index is 0.136. The molecule has 1 N–H and O–H groups in total. The Morgan fingerprint density at radius 1 is 1.41 bits per heavy atom.